The normalized spacial score (nSPS) is 16.5. The molecule has 0 aromatic carbocycles. The maximum absolute atomic E-state index is 12.4. The number of nitrogens with zero attached hydrogens (tertiary/aromatic N) is 4. The van der Waals surface area contributed by atoms with Crippen LogP contribution >= 0.6 is 11.3 Å². The number of thiophene rings is 1. The van der Waals surface area contributed by atoms with E-state index < -0.39 is 0 Å². The molecule has 0 N–H and O–H groups in total. The zero-order valence-electron chi connectivity index (χ0n) is 13.6. The molecule has 2 aromatic rings. The summed E-state index contributed by atoms with van der Waals surface area (Å²) >= 11 is 1.66. The van der Waals surface area contributed by atoms with Crippen LogP contribution in [0.25, 0.3) is 0 Å². The molecule has 0 saturated carbocycles. The average molecular weight is 332 g/mol. The molecule has 6 heteroatoms. The highest BCUT2D eigenvalue weighted by molar-refractivity contribution is 7.10. The molecule has 124 valence electrons. The van der Waals surface area contributed by atoms with Crippen molar-refractivity contribution in [2.45, 2.75) is 32.9 Å². The number of carbonyl (C=O) groups excluding carboxylic acids is 1. The fourth-order valence-corrected chi connectivity index (χ4v) is 3.67. The summed E-state index contributed by atoms with van der Waals surface area (Å²) in [5, 5.41) is 6.37. The van der Waals surface area contributed by atoms with E-state index in [-0.39, 0.29) is 5.91 Å². The minimum atomic E-state index is 0.258. The second kappa shape index (κ2) is 7.75. The first-order valence-electron chi connectivity index (χ1n) is 8.28. The first-order chi connectivity index (χ1) is 11.2. The third-order valence-corrected chi connectivity index (χ3v) is 5.14. The summed E-state index contributed by atoms with van der Waals surface area (Å²) in [5.74, 6) is 0.258. The lowest BCUT2D eigenvalue weighted by Gasteiger charge is -2.21. The molecule has 3 rings (SSSR count). The van der Waals surface area contributed by atoms with Crippen molar-refractivity contribution in [3.63, 3.8) is 0 Å². The number of carbonyl (C=O) groups is 1. The topological polar surface area (TPSA) is 41.4 Å². The van der Waals surface area contributed by atoms with Crippen molar-refractivity contribution in [1.82, 2.24) is 19.6 Å². The van der Waals surface area contributed by atoms with Crippen molar-refractivity contribution in [3.8, 4) is 0 Å². The zero-order chi connectivity index (χ0) is 16.1. The van der Waals surface area contributed by atoms with Crippen LogP contribution in [0.3, 0.4) is 0 Å². The second-order valence-corrected chi connectivity index (χ2v) is 7.00. The highest BCUT2D eigenvalue weighted by Gasteiger charge is 2.19. The van der Waals surface area contributed by atoms with Gasteiger partial charge in [0.2, 0.25) is 5.91 Å². The lowest BCUT2D eigenvalue weighted by molar-refractivity contribution is -0.130. The van der Waals surface area contributed by atoms with E-state index in [9.17, 15) is 4.79 Å². The molecule has 2 aromatic heterocycles. The van der Waals surface area contributed by atoms with Gasteiger partial charge in [-0.25, -0.2) is 0 Å². The number of rotatable bonds is 5. The van der Waals surface area contributed by atoms with Crippen LogP contribution in [-0.2, 0) is 24.3 Å². The number of aryl methyl sites for hydroxylation is 1. The molecule has 1 aliphatic heterocycles. The summed E-state index contributed by atoms with van der Waals surface area (Å²) in [4.78, 5) is 18.0. The molecule has 1 aliphatic rings. The summed E-state index contributed by atoms with van der Waals surface area (Å²) in [6, 6.07) is 4.05. The Morgan fingerprint density at radius 2 is 2.22 bits per heavy atom. The van der Waals surface area contributed by atoms with Crippen LogP contribution in [0.5, 0.6) is 0 Å². The van der Waals surface area contributed by atoms with Gasteiger partial charge in [-0.2, -0.15) is 5.10 Å². The van der Waals surface area contributed by atoms with E-state index in [1.54, 1.807) is 11.3 Å². The van der Waals surface area contributed by atoms with Gasteiger partial charge >= 0.3 is 0 Å². The maximum atomic E-state index is 12.4. The highest BCUT2D eigenvalue weighted by Crippen LogP contribution is 2.13. The largest absolute Gasteiger partial charge is 0.341 e. The number of hydrogen-bond donors (Lipinski definition) is 0. The predicted octanol–water partition coefficient (Wildman–Crippen LogP) is 2.24. The van der Waals surface area contributed by atoms with Crippen molar-refractivity contribution in [3.05, 3.63) is 40.3 Å². The third kappa shape index (κ3) is 4.42. The molecule has 3 heterocycles. The fourth-order valence-electron chi connectivity index (χ4n) is 2.97. The standard InChI is InChI=1S/C17H24N4OS/c1-2-21-14-15(12-18-21)13-19-6-4-7-20(9-8-19)17(22)11-16-5-3-10-23-16/h3,5,10,12,14H,2,4,6-9,11,13H2,1H3. The van der Waals surface area contributed by atoms with Gasteiger partial charge in [0.1, 0.15) is 0 Å². The van der Waals surface area contributed by atoms with Gasteiger partial charge in [-0.1, -0.05) is 6.07 Å². The van der Waals surface area contributed by atoms with Crippen molar-refractivity contribution in [2.24, 2.45) is 0 Å². The molecule has 0 aliphatic carbocycles. The minimum absolute atomic E-state index is 0.258. The molecule has 0 spiro atoms. The van der Waals surface area contributed by atoms with Gasteiger partial charge in [-0.05, 0) is 24.8 Å². The quantitative estimate of drug-likeness (QED) is 0.843. The maximum Gasteiger partial charge on any atom is 0.227 e. The van der Waals surface area contributed by atoms with E-state index in [1.165, 1.54) is 5.56 Å². The molecule has 0 atom stereocenters. The molecule has 0 radical (unpaired) electrons. The first kappa shape index (κ1) is 16.2. The Hall–Kier alpha value is -1.66. The predicted molar refractivity (Wildman–Crippen MR) is 92.4 cm³/mol. The Bertz CT molecular complexity index is 622. The van der Waals surface area contributed by atoms with Crippen LogP contribution in [0.1, 0.15) is 23.8 Å². The molecule has 1 saturated heterocycles. The highest BCUT2D eigenvalue weighted by atomic mass is 32.1. The van der Waals surface area contributed by atoms with Crippen LogP contribution in [0.15, 0.2) is 29.9 Å². The monoisotopic (exact) mass is 332 g/mol. The smallest absolute Gasteiger partial charge is 0.227 e. The molecular weight excluding hydrogens is 308 g/mol. The van der Waals surface area contributed by atoms with E-state index in [4.69, 9.17) is 0 Å². The fraction of sp³-hybridized carbons (Fsp3) is 0.529. The Morgan fingerprint density at radius 1 is 1.30 bits per heavy atom. The van der Waals surface area contributed by atoms with Crippen LogP contribution < -0.4 is 0 Å². The molecule has 5 nitrogen and oxygen atoms in total. The van der Waals surface area contributed by atoms with Gasteiger partial charge < -0.3 is 4.90 Å². The lowest BCUT2D eigenvalue weighted by atomic mass is 10.3. The van der Waals surface area contributed by atoms with E-state index in [0.717, 1.165) is 50.6 Å². The number of aromatic nitrogens is 2. The van der Waals surface area contributed by atoms with E-state index in [1.807, 2.05) is 33.3 Å². The van der Waals surface area contributed by atoms with Crippen LogP contribution in [-0.4, -0.2) is 51.7 Å². The van der Waals surface area contributed by atoms with Gasteiger partial charge in [0.15, 0.2) is 0 Å². The van der Waals surface area contributed by atoms with E-state index >= 15 is 0 Å². The molecule has 0 unspecified atom stereocenters. The summed E-state index contributed by atoms with van der Waals surface area (Å²) < 4.78 is 1.96. The van der Waals surface area contributed by atoms with Gasteiger partial charge in [0, 0.05) is 55.9 Å². The van der Waals surface area contributed by atoms with Gasteiger partial charge in [-0.15, -0.1) is 11.3 Å². The summed E-state index contributed by atoms with van der Waals surface area (Å²) in [7, 11) is 0. The Morgan fingerprint density at radius 3 is 2.96 bits per heavy atom. The lowest BCUT2D eigenvalue weighted by Crippen LogP contribution is -2.35. The average Bonchev–Trinajstić information content (AvgIpc) is 3.16. The Labute approximate surface area is 141 Å². The molecule has 0 bridgehead atoms. The second-order valence-electron chi connectivity index (χ2n) is 5.97. The molecular formula is C17H24N4OS. The zero-order valence-corrected chi connectivity index (χ0v) is 14.5. The van der Waals surface area contributed by atoms with Crippen molar-refractivity contribution < 1.29 is 4.79 Å². The third-order valence-electron chi connectivity index (χ3n) is 4.26. The van der Waals surface area contributed by atoms with Gasteiger partial charge in [-0.3, -0.25) is 14.4 Å². The number of hydrogen-bond acceptors (Lipinski definition) is 4. The SMILES string of the molecule is CCn1cc(CN2CCCN(C(=O)Cc3cccs3)CC2)cn1. The molecule has 23 heavy (non-hydrogen) atoms. The Balaban J connectivity index is 1.51. The summed E-state index contributed by atoms with van der Waals surface area (Å²) in [6.45, 7) is 7.60. The van der Waals surface area contributed by atoms with Crippen LogP contribution in [0, 0.1) is 0 Å². The van der Waals surface area contributed by atoms with Crippen LogP contribution in [0.2, 0.25) is 0 Å². The van der Waals surface area contributed by atoms with E-state index in [2.05, 4.69) is 23.1 Å². The number of amides is 1. The first-order valence-corrected chi connectivity index (χ1v) is 9.16. The summed E-state index contributed by atoms with van der Waals surface area (Å²) in [6.07, 6.45) is 5.65. The van der Waals surface area contributed by atoms with Crippen molar-refractivity contribution in [1.29, 1.82) is 0 Å². The van der Waals surface area contributed by atoms with Crippen LogP contribution in [0.4, 0.5) is 0 Å². The van der Waals surface area contributed by atoms with Gasteiger partial charge in [0.05, 0.1) is 12.6 Å². The Kier molecular flexibility index (Phi) is 5.46. The van der Waals surface area contributed by atoms with Crippen molar-refractivity contribution in [2.75, 3.05) is 26.2 Å². The van der Waals surface area contributed by atoms with E-state index in [0.29, 0.717) is 6.42 Å². The summed E-state index contributed by atoms with van der Waals surface area (Å²) in [5.41, 5.74) is 1.25. The molecule has 1 fully saturated rings. The minimum Gasteiger partial charge on any atom is -0.341 e. The van der Waals surface area contributed by atoms with Gasteiger partial charge in [0.25, 0.3) is 0 Å². The molecule has 1 amide bonds. The van der Waals surface area contributed by atoms with Crippen molar-refractivity contribution >= 4 is 17.2 Å².